The second-order valence-corrected chi connectivity index (χ2v) is 9.59. The SMILES string of the molecule is CC(C)OCCCN[C@H]1CSC[C@@H]1S(=O)(=O)c1ccc(Cl)cc1. The molecule has 0 aliphatic carbocycles. The number of halogens is 1. The Morgan fingerprint density at radius 3 is 2.65 bits per heavy atom. The zero-order valence-corrected chi connectivity index (χ0v) is 15.9. The Bertz CT molecular complexity index is 590. The van der Waals surface area contributed by atoms with Crippen LogP contribution in [-0.2, 0) is 14.6 Å². The molecule has 1 N–H and O–H groups in total. The van der Waals surface area contributed by atoms with Gasteiger partial charge in [-0.05, 0) is 51.1 Å². The van der Waals surface area contributed by atoms with E-state index in [2.05, 4.69) is 5.32 Å². The summed E-state index contributed by atoms with van der Waals surface area (Å²) < 4.78 is 31.1. The van der Waals surface area contributed by atoms with E-state index in [1.54, 1.807) is 36.0 Å². The van der Waals surface area contributed by atoms with Crippen molar-refractivity contribution in [3.63, 3.8) is 0 Å². The Morgan fingerprint density at radius 2 is 2.00 bits per heavy atom. The van der Waals surface area contributed by atoms with Crippen LogP contribution in [-0.4, -0.2) is 50.5 Å². The van der Waals surface area contributed by atoms with Crippen molar-refractivity contribution in [2.24, 2.45) is 0 Å². The molecule has 1 heterocycles. The highest BCUT2D eigenvalue weighted by atomic mass is 35.5. The fourth-order valence-electron chi connectivity index (χ4n) is 2.51. The molecule has 2 atom stereocenters. The molecule has 7 heteroatoms. The van der Waals surface area contributed by atoms with Gasteiger partial charge in [0.1, 0.15) is 0 Å². The molecular weight excluding hydrogens is 354 g/mol. The molecular formula is C16H24ClNO3S2. The standard InChI is InChI=1S/C16H24ClNO3S2/c1-12(2)21-9-3-8-18-15-10-22-11-16(15)23(19,20)14-6-4-13(17)5-7-14/h4-7,12,15-16,18H,3,8-11H2,1-2H3/t15-,16-/m0/s1. The molecule has 2 rings (SSSR count). The van der Waals surface area contributed by atoms with E-state index < -0.39 is 9.84 Å². The second kappa shape index (κ2) is 8.72. The minimum Gasteiger partial charge on any atom is -0.379 e. The van der Waals surface area contributed by atoms with Crippen molar-refractivity contribution >= 4 is 33.2 Å². The average molecular weight is 378 g/mol. The molecule has 1 aromatic rings. The molecule has 0 saturated carbocycles. The molecule has 23 heavy (non-hydrogen) atoms. The van der Waals surface area contributed by atoms with Crippen LogP contribution in [0.25, 0.3) is 0 Å². The van der Waals surface area contributed by atoms with Gasteiger partial charge >= 0.3 is 0 Å². The summed E-state index contributed by atoms with van der Waals surface area (Å²) in [5.41, 5.74) is 0. The van der Waals surface area contributed by atoms with Gasteiger partial charge in [0.05, 0.1) is 16.2 Å². The van der Waals surface area contributed by atoms with E-state index in [1.165, 1.54) is 0 Å². The molecule has 1 aromatic carbocycles. The van der Waals surface area contributed by atoms with Crippen LogP contribution in [0.3, 0.4) is 0 Å². The summed E-state index contributed by atoms with van der Waals surface area (Å²) in [6, 6.07) is 6.42. The zero-order valence-electron chi connectivity index (χ0n) is 13.5. The van der Waals surface area contributed by atoms with Crippen molar-refractivity contribution in [2.75, 3.05) is 24.7 Å². The van der Waals surface area contributed by atoms with Crippen molar-refractivity contribution in [3.8, 4) is 0 Å². The van der Waals surface area contributed by atoms with Crippen LogP contribution in [0, 0.1) is 0 Å². The lowest BCUT2D eigenvalue weighted by atomic mass is 10.2. The van der Waals surface area contributed by atoms with E-state index in [0.29, 0.717) is 22.3 Å². The number of benzene rings is 1. The van der Waals surface area contributed by atoms with Gasteiger partial charge in [-0.15, -0.1) is 0 Å². The van der Waals surface area contributed by atoms with Crippen molar-refractivity contribution in [2.45, 2.75) is 42.6 Å². The predicted molar refractivity (Wildman–Crippen MR) is 97.2 cm³/mol. The number of thioether (sulfide) groups is 1. The van der Waals surface area contributed by atoms with E-state index in [4.69, 9.17) is 16.3 Å². The molecule has 1 aliphatic heterocycles. The Kier molecular flexibility index (Phi) is 7.22. The summed E-state index contributed by atoms with van der Waals surface area (Å²) in [5.74, 6) is 1.45. The second-order valence-electron chi connectivity index (χ2n) is 5.91. The van der Waals surface area contributed by atoms with Gasteiger partial charge in [-0.2, -0.15) is 11.8 Å². The number of hydrogen-bond acceptors (Lipinski definition) is 5. The summed E-state index contributed by atoms with van der Waals surface area (Å²) in [6.45, 7) is 5.48. The van der Waals surface area contributed by atoms with Crippen LogP contribution < -0.4 is 5.32 Å². The summed E-state index contributed by atoms with van der Waals surface area (Å²) >= 11 is 7.53. The Morgan fingerprint density at radius 1 is 1.30 bits per heavy atom. The molecule has 0 spiro atoms. The topological polar surface area (TPSA) is 55.4 Å². The van der Waals surface area contributed by atoms with Crippen LogP contribution >= 0.6 is 23.4 Å². The van der Waals surface area contributed by atoms with Crippen LogP contribution in [0.1, 0.15) is 20.3 Å². The summed E-state index contributed by atoms with van der Waals surface area (Å²) in [7, 11) is -3.33. The highest BCUT2D eigenvalue weighted by Gasteiger charge is 2.38. The molecule has 130 valence electrons. The van der Waals surface area contributed by atoms with E-state index >= 15 is 0 Å². The largest absolute Gasteiger partial charge is 0.379 e. The first kappa shape index (κ1) is 19.1. The van der Waals surface area contributed by atoms with E-state index in [1.807, 2.05) is 13.8 Å². The van der Waals surface area contributed by atoms with Gasteiger partial charge < -0.3 is 10.1 Å². The minimum absolute atomic E-state index is 0.0141. The maximum absolute atomic E-state index is 12.8. The number of hydrogen-bond donors (Lipinski definition) is 1. The van der Waals surface area contributed by atoms with Crippen LogP contribution in [0.2, 0.25) is 5.02 Å². The van der Waals surface area contributed by atoms with Gasteiger partial charge in [0, 0.05) is 29.2 Å². The molecule has 0 aromatic heterocycles. The van der Waals surface area contributed by atoms with Crippen molar-refractivity contribution < 1.29 is 13.2 Å². The van der Waals surface area contributed by atoms with Gasteiger partial charge in [-0.3, -0.25) is 0 Å². The van der Waals surface area contributed by atoms with Crippen molar-refractivity contribution in [1.29, 1.82) is 0 Å². The fraction of sp³-hybridized carbons (Fsp3) is 0.625. The first-order chi connectivity index (χ1) is 10.9. The van der Waals surface area contributed by atoms with Crippen molar-refractivity contribution in [3.05, 3.63) is 29.3 Å². The lowest BCUT2D eigenvalue weighted by Gasteiger charge is -2.21. The molecule has 0 radical (unpaired) electrons. The average Bonchev–Trinajstić information content (AvgIpc) is 2.96. The molecule has 1 saturated heterocycles. The van der Waals surface area contributed by atoms with E-state index in [-0.39, 0.29) is 17.4 Å². The van der Waals surface area contributed by atoms with Gasteiger partial charge in [0.15, 0.2) is 9.84 Å². The Labute approximate surface area is 148 Å². The number of ether oxygens (including phenoxy) is 1. The van der Waals surface area contributed by atoms with Crippen LogP contribution in [0.4, 0.5) is 0 Å². The first-order valence-electron chi connectivity index (χ1n) is 7.83. The monoisotopic (exact) mass is 377 g/mol. The Balaban J connectivity index is 1.93. The van der Waals surface area contributed by atoms with Crippen molar-refractivity contribution in [1.82, 2.24) is 5.32 Å². The number of nitrogens with one attached hydrogen (secondary N) is 1. The number of rotatable bonds is 8. The Hall–Kier alpha value is -0.270. The third kappa shape index (κ3) is 5.36. The van der Waals surface area contributed by atoms with E-state index in [9.17, 15) is 8.42 Å². The predicted octanol–water partition coefficient (Wildman–Crippen LogP) is 3.00. The molecule has 4 nitrogen and oxygen atoms in total. The highest BCUT2D eigenvalue weighted by Crippen LogP contribution is 2.29. The summed E-state index contributed by atoms with van der Waals surface area (Å²) in [4.78, 5) is 0.351. The van der Waals surface area contributed by atoms with Gasteiger partial charge in [-0.1, -0.05) is 11.6 Å². The van der Waals surface area contributed by atoms with Gasteiger partial charge in [0.2, 0.25) is 0 Å². The third-order valence-electron chi connectivity index (χ3n) is 3.75. The molecule has 1 aliphatic rings. The maximum atomic E-state index is 12.8. The summed E-state index contributed by atoms with van der Waals surface area (Å²) in [5, 5.41) is 3.54. The molecule has 0 unspecified atom stereocenters. The van der Waals surface area contributed by atoms with E-state index in [0.717, 1.165) is 18.7 Å². The molecule has 0 bridgehead atoms. The maximum Gasteiger partial charge on any atom is 0.183 e. The van der Waals surface area contributed by atoms with Gasteiger partial charge in [-0.25, -0.2) is 8.42 Å². The fourth-order valence-corrected chi connectivity index (χ4v) is 6.46. The molecule has 1 fully saturated rings. The third-order valence-corrected chi connectivity index (χ3v) is 7.62. The normalized spacial score (nSPS) is 21.9. The lowest BCUT2D eigenvalue weighted by Crippen LogP contribution is -2.43. The lowest BCUT2D eigenvalue weighted by molar-refractivity contribution is 0.0768. The number of sulfone groups is 1. The highest BCUT2D eigenvalue weighted by molar-refractivity contribution is 8.01. The van der Waals surface area contributed by atoms with Crippen LogP contribution in [0.15, 0.2) is 29.2 Å². The quantitative estimate of drug-likeness (QED) is 0.706. The zero-order chi connectivity index (χ0) is 16.9. The van der Waals surface area contributed by atoms with Crippen LogP contribution in [0.5, 0.6) is 0 Å². The van der Waals surface area contributed by atoms with Gasteiger partial charge in [0.25, 0.3) is 0 Å². The smallest absolute Gasteiger partial charge is 0.183 e. The summed E-state index contributed by atoms with van der Waals surface area (Å²) in [6.07, 6.45) is 1.11. The molecule has 0 amide bonds. The minimum atomic E-state index is -3.33. The first-order valence-corrected chi connectivity index (χ1v) is 10.9.